The standard InChI is InChI=1S/C16H30O5/c1-4-7-13(15(18)19)9-6-10-21-16(20)14(8-5-2)11-12(3)17/h12-14,17H,4-11H2,1-3H3,(H,18,19). The van der Waals surface area contributed by atoms with Gasteiger partial charge in [-0.1, -0.05) is 26.7 Å². The quantitative estimate of drug-likeness (QED) is 0.427. The molecule has 3 atom stereocenters. The van der Waals surface area contributed by atoms with E-state index >= 15 is 0 Å². The number of rotatable bonds is 12. The Morgan fingerprint density at radius 3 is 2.10 bits per heavy atom. The lowest BCUT2D eigenvalue weighted by atomic mass is 9.97. The molecule has 5 heteroatoms. The fourth-order valence-corrected chi connectivity index (χ4v) is 2.45. The van der Waals surface area contributed by atoms with Crippen LogP contribution in [0.5, 0.6) is 0 Å². The van der Waals surface area contributed by atoms with E-state index in [2.05, 4.69) is 0 Å². The molecule has 124 valence electrons. The fraction of sp³-hybridized carbons (Fsp3) is 0.875. The molecule has 0 saturated heterocycles. The maximum absolute atomic E-state index is 11.9. The Labute approximate surface area is 127 Å². The molecule has 0 aromatic carbocycles. The summed E-state index contributed by atoms with van der Waals surface area (Å²) in [5, 5.41) is 18.4. The molecular formula is C16H30O5. The fourth-order valence-electron chi connectivity index (χ4n) is 2.45. The molecular weight excluding hydrogens is 272 g/mol. The smallest absolute Gasteiger partial charge is 0.309 e. The number of ether oxygens (including phenoxy) is 1. The van der Waals surface area contributed by atoms with Crippen molar-refractivity contribution >= 4 is 11.9 Å². The molecule has 0 aliphatic carbocycles. The number of carbonyl (C=O) groups excluding carboxylic acids is 1. The van der Waals surface area contributed by atoms with Crippen LogP contribution in [0, 0.1) is 11.8 Å². The number of carbonyl (C=O) groups is 2. The summed E-state index contributed by atoms with van der Waals surface area (Å²) in [5.41, 5.74) is 0. The second kappa shape index (κ2) is 11.5. The molecule has 0 spiro atoms. The highest BCUT2D eigenvalue weighted by Crippen LogP contribution is 2.17. The molecule has 3 unspecified atom stereocenters. The van der Waals surface area contributed by atoms with E-state index in [-0.39, 0.29) is 24.4 Å². The Kier molecular flexibility index (Phi) is 10.9. The first-order valence-corrected chi connectivity index (χ1v) is 7.99. The highest BCUT2D eigenvalue weighted by atomic mass is 16.5. The first-order chi connectivity index (χ1) is 9.92. The Morgan fingerprint density at radius 1 is 1.05 bits per heavy atom. The minimum Gasteiger partial charge on any atom is -0.481 e. The normalized spacial score (nSPS) is 15.2. The third kappa shape index (κ3) is 9.45. The van der Waals surface area contributed by atoms with Crippen LogP contribution in [0.3, 0.4) is 0 Å². The lowest BCUT2D eigenvalue weighted by Gasteiger charge is -2.17. The summed E-state index contributed by atoms with van der Waals surface area (Å²) < 4.78 is 5.22. The van der Waals surface area contributed by atoms with Crippen LogP contribution in [-0.4, -0.2) is 34.9 Å². The molecule has 0 rings (SSSR count). The van der Waals surface area contributed by atoms with E-state index in [9.17, 15) is 14.7 Å². The lowest BCUT2D eigenvalue weighted by molar-refractivity contribution is -0.150. The zero-order valence-corrected chi connectivity index (χ0v) is 13.5. The second-order valence-electron chi connectivity index (χ2n) is 5.70. The zero-order valence-electron chi connectivity index (χ0n) is 13.5. The van der Waals surface area contributed by atoms with Gasteiger partial charge in [0.05, 0.1) is 24.5 Å². The Morgan fingerprint density at radius 2 is 1.62 bits per heavy atom. The van der Waals surface area contributed by atoms with Gasteiger partial charge in [-0.3, -0.25) is 9.59 Å². The highest BCUT2D eigenvalue weighted by Gasteiger charge is 2.21. The van der Waals surface area contributed by atoms with Gasteiger partial charge in [0, 0.05) is 0 Å². The van der Waals surface area contributed by atoms with Crippen molar-refractivity contribution in [3.05, 3.63) is 0 Å². The van der Waals surface area contributed by atoms with Gasteiger partial charge < -0.3 is 14.9 Å². The van der Waals surface area contributed by atoms with Crippen molar-refractivity contribution < 1.29 is 24.5 Å². The van der Waals surface area contributed by atoms with Gasteiger partial charge in [0.1, 0.15) is 0 Å². The number of carboxylic acids is 1. The van der Waals surface area contributed by atoms with Gasteiger partial charge in [-0.15, -0.1) is 0 Å². The van der Waals surface area contributed by atoms with E-state index in [4.69, 9.17) is 9.84 Å². The average molecular weight is 302 g/mol. The van der Waals surface area contributed by atoms with Gasteiger partial charge in [-0.25, -0.2) is 0 Å². The van der Waals surface area contributed by atoms with Gasteiger partial charge in [-0.2, -0.15) is 0 Å². The lowest BCUT2D eigenvalue weighted by Crippen LogP contribution is -2.22. The van der Waals surface area contributed by atoms with Crippen LogP contribution >= 0.6 is 0 Å². The number of aliphatic hydroxyl groups is 1. The van der Waals surface area contributed by atoms with Crippen molar-refractivity contribution in [1.82, 2.24) is 0 Å². The van der Waals surface area contributed by atoms with E-state index in [0.29, 0.717) is 32.1 Å². The summed E-state index contributed by atoms with van der Waals surface area (Å²) in [7, 11) is 0. The highest BCUT2D eigenvalue weighted by molar-refractivity contribution is 5.72. The van der Waals surface area contributed by atoms with Gasteiger partial charge in [0.2, 0.25) is 0 Å². The molecule has 0 saturated carbocycles. The maximum Gasteiger partial charge on any atom is 0.309 e. The van der Waals surface area contributed by atoms with Crippen molar-refractivity contribution in [2.75, 3.05) is 6.61 Å². The summed E-state index contributed by atoms with van der Waals surface area (Å²) >= 11 is 0. The number of hydrogen-bond acceptors (Lipinski definition) is 4. The second-order valence-corrected chi connectivity index (χ2v) is 5.70. The minimum absolute atomic E-state index is 0.256. The molecule has 0 bridgehead atoms. The summed E-state index contributed by atoms with van der Waals surface area (Å²) in [6, 6.07) is 0. The molecule has 0 heterocycles. The first-order valence-electron chi connectivity index (χ1n) is 7.99. The minimum atomic E-state index is -0.777. The monoisotopic (exact) mass is 302 g/mol. The van der Waals surface area contributed by atoms with Gasteiger partial charge >= 0.3 is 11.9 Å². The van der Waals surface area contributed by atoms with Crippen molar-refractivity contribution in [2.45, 2.75) is 71.8 Å². The van der Waals surface area contributed by atoms with E-state index in [1.54, 1.807) is 6.92 Å². The first kappa shape index (κ1) is 19.9. The summed E-state index contributed by atoms with van der Waals surface area (Å²) in [4.78, 5) is 22.9. The molecule has 0 fully saturated rings. The van der Waals surface area contributed by atoms with Gasteiger partial charge in [0.15, 0.2) is 0 Å². The van der Waals surface area contributed by atoms with Crippen molar-refractivity contribution in [3.8, 4) is 0 Å². The molecule has 0 radical (unpaired) electrons. The number of aliphatic hydroxyl groups excluding tert-OH is 1. The Bertz CT molecular complexity index is 301. The largest absolute Gasteiger partial charge is 0.481 e. The van der Waals surface area contributed by atoms with Crippen LogP contribution in [0.1, 0.15) is 65.7 Å². The topological polar surface area (TPSA) is 83.8 Å². The molecule has 5 nitrogen and oxygen atoms in total. The zero-order chi connectivity index (χ0) is 16.3. The molecule has 2 N–H and O–H groups in total. The molecule has 0 aliphatic heterocycles. The average Bonchev–Trinajstić information content (AvgIpc) is 2.40. The van der Waals surface area contributed by atoms with Crippen molar-refractivity contribution in [3.63, 3.8) is 0 Å². The number of aliphatic carboxylic acids is 1. The molecule has 21 heavy (non-hydrogen) atoms. The predicted octanol–water partition coefficient (Wildman–Crippen LogP) is 3.00. The van der Waals surface area contributed by atoms with Crippen molar-refractivity contribution in [2.24, 2.45) is 11.8 Å². The van der Waals surface area contributed by atoms with E-state index in [1.807, 2.05) is 13.8 Å². The molecule has 0 aliphatic rings. The number of esters is 1. The summed E-state index contributed by atoms with van der Waals surface area (Å²) in [6.07, 6.45) is 4.06. The number of hydrogen-bond donors (Lipinski definition) is 2. The third-order valence-corrected chi connectivity index (χ3v) is 3.52. The molecule has 0 amide bonds. The number of carboxylic acid groups (broad SMARTS) is 1. The van der Waals surface area contributed by atoms with E-state index < -0.39 is 12.1 Å². The van der Waals surface area contributed by atoms with Crippen molar-refractivity contribution in [1.29, 1.82) is 0 Å². The van der Waals surface area contributed by atoms with Crippen LogP contribution in [0.4, 0.5) is 0 Å². The maximum atomic E-state index is 11.9. The molecule has 0 aromatic rings. The van der Waals surface area contributed by atoms with Crippen LogP contribution in [0.2, 0.25) is 0 Å². The van der Waals surface area contributed by atoms with Crippen LogP contribution in [0.25, 0.3) is 0 Å². The van der Waals surface area contributed by atoms with Gasteiger partial charge in [-0.05, 0) is 39.0 Å². The van der Waals surface area contributed by atoms with E-state index in [1.165, 1.54) is 0 Å². The van der Waals surface area contributed by atoms with Crippen LogP contribution in [-0.2, 0) is 14.3 Å². The van der Waals surface area contributed by atoms with E-state index in [0.717, 1.165) is 12.8 Å². The summed E-state index contributed by atoms with van der Waals surface area (Å²) in [5.74, 6) is -1.67. The Hall–Kier alpha value is -1.10. The third-order valence-electron chi connectivity index (χ3n) is 3.52. The Balaban J connectivity index is 4.07. The van der Waals surface area contributed by atoms with Crippen LogP contribution < -0.4 is 0 Å². The molecule has 0 aromatic heterocycles. The van der Waals surface area contributed by atoms with Gasteiger partial charge in [0.25, 0.3) is 0 Å². The summed E-state index contributed by atoms with van der Waals surface area (Å²) in [6.45, 7) is 5.87. The van der Waals surface area contributed by atoms with Crippen LogP contribution in [0.15, 0.2) is 0 Å². The predicted molar refractivity (Wildman–Crippen MR) is 80.9 cm³/mol. The SMILES string of the molecule is CCCC(CCCOC(=O)C(CCC)CC(C)O)C(=O)O.